The number of β-amino-alcohol motifs (C(OH)–C–C–N with tert-alkyl or cyclic N) is 1. The van der Waals surface area contributed by atoms with Gasteiger partial charge in [0.25, 0.3) is 0 Å². The Bertz CT molecular complexity index is 991. The normalized spacial score (nSPS) is 15.6. The van der Waals surface area contributed by atoms with E-state index in [-0.39, 0.29) is 18.5 Å². The zero-order chi connectivity index (χ0) is 21.4. The summed E-state index contributed by atoms with van der Waals surface area (Å²) in [6.07, 6.45) is -4.21. The van der Waals surface area contributed by atoms with E-state index >= 15 is 0 Å². The summed E-state index contributed by atoms with van der Waals surface area (Å²) in [5.41, 5.74) is 0.0702. The molecule has 0 bridgehead atoms. The molecule has 0 aliphatic carbocycles. The summed E-state index contributed by atoms with van der Waals surface area (Å²) >= 11 is 0. The molecule has 152 valence electrons. The van der Waals surface area contributed by atoms with Gasteiger partial charge in [-0.15, -0.1) is 0 Å². The monoisotopic (exact) mass is 402 g/mol. The predicted octanol–water partition coefficient (Wildman–Crippen LogP) is 4.49. The van der Waals surface area contributed by atoms with Gasteiger partial charge in [0.05, 0.1) is 18.7 Å². The first-order chi connectivity index (χ1) is 13.5. The van der Waals surface area contributed by atoms with Crippen LogP contribution in [-0.2, 0) is 23.8 Å². The fourth-order valence-electron chi connectivity index (χ4n) is 3.62. The van der Waals surface area contributed by atoms with Gasteiger partial charge in [-0.1, -0.05) is 35.9 Å². The molecule has 1 atom stereocenters. The highest BCUT2D eigenvalue weighted by atomic mass is 19.4. The number of hydrogen-bond donors (Lipinski definition) is 1. The van der Waals surface area contributed by atoms with Crippen molar-refractivity contribution in [2.45, 2.75) is 38.5 Å². The van der Waals surface area contributed by atoms with Crippen molar-refractivity contribution in [2.24, 2.45) is 0 Å². The maximum absolute atomic E-state index is 13.1. The van der Waals surface area contributed by atoms with E-state index in [1.54, 1.807) is 0 Å². The van der Waals surface area contributed by atoms with Crippen LogP contribution in [0.4, 0.5) is 24.5 Å². The number of anilines is 1. The van der Waals surface area contributed by atoms with Gasteiger partial charge in [0.1, 0.15) is 5.60 Å². The van der Waals surface area contributed by atoms with Crippen LogP contribution in [0, 0.1) is 13.5 Å². The van der Waals surface area contributed by atoms with E-state index in [2.05, 4.69) is 10.9 Å². The van der Waals surface area contributed by atoms with Crippen LogP contribution < -0.4 is 4.90 Å². The van der Waals surface area contributed by atoms with Gasteiger partial charge in [0.15, 0.2) is 11.5 Å². The van der Waals surface area contributed by atoms with Crippen molar-refractivity contribution in [3.05, 3.63) is 70.1 Å². The number of aliphatic hydroxyl groups is 1. The van der Waals surface area contributed by atoms with Gasteiger partial charge in [0.2, 0.25) is 0 Å². The highest BCUT2D eigenvalue weighted by Gasteiger charge is 2.36. The number of ketones is 1. The van der Waals surface area contributed by atoms with E-state index in [1.165, 1.54) is 13.0 Å². The lowest BCUT2D eigenvalue weighted by Gasteiger charge is -2.29. The minimum Gasteiger partial charge on any atom is -0.380 e. The average molecular weight is 402 g/mol. The highest BCUT2D eigenvalue weighted by molar-refractivity contribution is 5.89. The molecule has 0 saturated heterocycles. The first kappa shape index (κ1) is 20.9. The number of carbonyl (C=O) groups is 1. The van der Waals surface area contributed by atoms with Crippen molar-refractivity contribution in [3.63, 3.8) is 0 Å². The molecule has 1 aliphatic heterocycles. The average Bonchev–Trinajstić information content (AvgIpc) is 3.02. The van der Waals surface area contributed by atoms with Crippen LogP contribution in [0.5, 0.6) is 0 Å². The number of Topliss-reactive ketones (excluding diaryl/α,β-unsaturated/α-hetero) is 1. The minimum atomic E-state index is -4.68. The topological polar surface area (TPSA) is 44.9 Å². The van der Waals surface area contributed by atoms with E-state index in [0.29, 0.717) is 6.54 Å². The Balaban J connectivity index is 1.76. The minimum absolute atomic E-state index is 0.0636. The van der Waals surface area contributed by atoms with Gasteiger partial charge < -0.3 is 10.0 Å². The van der Waals surface area contributed by atoms with E-state index < -0.39 is 28.8 Å². The van der Waals surface area contributed by atoms with E-state index in [9.17, 15) is 23.1 Å². The molecule has 7 heteroatoms. The van der Waals surface area contributed by atoms with Crippen molar-refractivity contribution >= 4 is 17.2 Å². The summed E-state index contributed by atoms with van der Waals surface area (Å²) < 4.78 is 39.4. The Morgan fingerprint density at radius 2 is 1.97 bits per heavy atom. The molecule has 0 saturated carbocycles. The van der Waals surface area contributed by atoms with Crippen LogP contribution in [0.2, 0.25) is 0 Å². The first-order valence-electron chi connectivity index (χ1n) is 9.19. The Morgan fingerprint density at radius 1 is 1.24 bits per heavy atom. The molecular weight excluding hydrogens is 381 g/mol. The molecule has 1 aliphatic rings. The molecule has 29 heavy (non-hydrogen) atoms. The van der Waals surface area contributed by atoms with E-state index in [1.807, 2.05) is 24.0 Å². The number of halogens is 3. The van der Waals surface area contributed by atoms with Crippen molar-refractivity contribution < 1.29 is 23.1 Å². The second-order valence-corrected chi connectivity index (χ2v) is 7.64. The molecule has 0 aromatic heterocycles. The quantitative estimate of drug-likeness (QED) is 0.750. The summed E-state index contributed by atoms with van der Waals surface area (Å²) in [7, 11) is 0. The summed E-state index contributed by atoms with van der Waals surface area (Å²) in [4.78, 5) is 17.5. The number of fused-ring (bicyclic) bond motifs is 1. The van der Waals surface area contributed by atoms with Crippen LogP contribution >= 0.6 is 0 Å². The molecule has 2 aromatic rings. The van der Waals surface area contributed by atoms with Crippen LogP contribution in [0.15, 0.2) is 36.4 Å². The van der Waals surface area contributed by atoms with Crippen LogP contribution in [0.1, 0.15) is 29.2 Å². The van der Waals surface area contributed by atoms with E-state index in [4.69, 9.17) is 6.57 Å². The number of rotatable bonds is 5. The fourth-order valence-corrected chi connectivity index (χ4v) is 3.62. The lowest BCUT2D eigenvalue weighted by atomic mass is 9.93. The lowest BCUT2D eigenvalue weighted by molar-refractivity contribution is -0.137. The Kier molecular flexibility index (Phi) is 5.42. The van der Waals surface area contributed by atoms with Gasteiger partial charge in [-0.05, 0) is 37.5 Å². The molecule has 3 rings (SSSR count). The molecule has 0 amide bonds. The van der Waals surface area contributed by atoms with E-state index in [0.717, 1.165) is 35.4 Å². The molecule has 0 radical (unpaired) electrons. The second-order valence-electron chi connectivity index (χ2n) is 7.64. The standard InChI is InChI=1S/C22H21F3N2O2/c1-14-4-7-19-16(10-14)8-9-27(19)13-21(2,29)20(28)12-15-5-6-18(26-3)17(11-15)22(23,24)25/h4-7,10-11,29H,8-9,12-13H2,1-2H3/t21-/m0/s1. The molecule has 0 spiro atoms. The lowest BCUT2D eigenvalue weighted by Crippen LogP contribution is -2.47. The zero-order valence-electron chi connectivity index (χ0n) is 16.2. The third kappa shape index (κ3) is 4.43. The third-order valence-electron chi connectivity index (χ3n) is 5.18. The largest absolute Gasteiger partial charge is 0.407 e. The number of alkyl halides is 3. The summed E-state index contributed by atoms with van der Waals surface area (Å²) in [5, 5.41) is 10.8. The van der Waals surface area contributed by atoms with Gasteiger partial charge >= 0.3 is 6.18 Å². The maximum atomic E-state index is 13.1. The van der Waals surface area contributed by atoms with Crippen molar-refractivity contribution in [3.8, 4) is 0 Å². The maximum Gasteiger partial charge on any atom is 0.407 e. The SMILES string of the molecule is [C-]#[N+]c1ccc(CC(=O)[C@@](C)(O)CN2CCc3cc(C)ccc32)cc1C(F)(F)F. The molecular formula is C22H21F3N2O2. The van der Waals surface area contributed by atoms with Crippen LogP contribution in [0.25, 0.3) is 4.85 Å². The summed E-state index contributed by atoms with van der Waals surface area (Å²) in [6, 6.07) is 9.19. The highest BCUT2D eigenvalue weighted by Crippen LogP contribution is 2.37. The molecule has 4 nitrogen and oxygen atoms in total. The molecule has 1 heterocycles. The Hall–Kier alpha value is -2.85. The van der Waals surface area contributed by atoms with Crippen molar-refractivity contribution in [1.82, 2.24) is 0 Å². The molecule has 0 unspecified atom stereocenters. The van der Waals surface area contributed by atoms with Crippen molar-refractivity contribution in [1.29, 1.82) is 0 Å². The number of carbonyl (C=O) groups excluding carboxylic acids is 1. The molecule has 2 aromatic carbocycles. The smallest absolute Gasteiger partial charge is 0.380 e. The Labute approximate surface area is 167 Å². The fraction of sp³-hybridized carbons (Fsp3) is 0.364. The number of benzene rings is 2. The molecule has 0 fully saturated rings. The third-order valence-corrected chi connectivity index (χ3v) is 5.18. The number of aryl methyl sites for hydroxylation is 1. The Morgan fingerprint density at radius 3 is 2.62 bits per heavy atom. The summed E-state index contributed by atoms with van der Waals surface area (Å²) in [6.45, 7) is 11.0. The number of nitrogens with zero attached hydrogens (tertiary/aromatic N) is 2. The second kappa shape index (κ2) is 7.53. The van der Waals surface area contributed by atoms with Crippen LogP contribution in [0.3, 0.4) is 0 Å². The van der Waals surface area contributed by atoms with Gasteiger partial charge in [0, 0.05) is 18.7 Å². The van der Waals surface area contributed by atoms with Crippen molar-refractivity contribution in [2.75, 3.05) is 18.0 Å². The van der Waals surface area contributed by atoms with Gasteiger partial charge in [-0.3, -0.25) is 4.79 Å². The zero-order valence-corrected chi connectivity index (χ0v) is 16.2. The predicted molar refractivity (Wildman–Crippen MR) is 104 cm³/mol. The van der Waals surface area contributed by atoms with Crippen LogP contribution in [-0.4, -0.2) is 29.6 Å². The van der Waals surface area contributed by atoms with Gasteiger partial charge in [-0.2, -0.15) is 13.2 Å². The molecule has 1 N–H and O–H groups in total. The number of hydrogen-bond acceptors (Lipinski definition) is 3. The summed E-state index contributed by atoms with van der Waals surface area (Å²) in [5.74, 6) is -0.568. The first-order valence-corrected chi connectivity index (χ1v) is 9.19. The van der Waals surface area contributed by atoms with Gasteiger partial charge in [-0.25, -0.2) is 4.85 Å².